The molecule has 150 valence electrons. The Balaban J connectivity index is 1.94. The number of alkyl halides is 3. The first-order chi connectivity index (χ1) is 13.6. The lowest BCUT2D eigenvalue weighted by Gasteiger charge is -2.15. The summed E-state index contributed by atoms with van der Waals surface area (Å²) in [5.41, 5.74) is -1.21. The van der Waals surface area contributed by atoms with Crippen LogP contribution in [0.2, 0.25) is 0 Å². The first-order valence-corrected chi connectivity index (χ1v) is 8.45. The van der Waals surface area contributed by atoms with Crippen LogP contribution in [0.15, 0.2) is 59.4 Å². The molecule has 0 radical (unpaired) electrons. The van der Waals surface area contributed by atoms with Gasteiger partial charge in [-0.15, -0.1) is 0 Å². The maximum atomic E-state index is 13.2. The molecule has 3 rings (SSSR count). The number of aromatic nitrogens is 2. The van der Waals surface area contributed by atoms with Gasteiger partial charge >= 0.3 is 6.18 Å². The van der Waals surface area contributed by atoms with Gasteiger partial charge in [0, 0.05) is 17.3 Å². The number of hydrogen-bond acceptors (Lipinski definition) is 3. The number of benzene rings is 2. The standard InChI is InChI=1S/C20H15F4N3O2/c1-12-10-18(29)27(19(25-12)13-6-8-14(21)9-7-13)11-17(28)26-16-5-3-2-4-15(16)20(22,23)24/h2-10H,11H2,1H3,(H,26,28). The van der Waals surface area contributed by atoms with Crippen LogP contribution in [0.4, 0.5) is 23.2 Å². The van der Waals surface area contributed by atoms with Crippen LogP contribution in [0.5, 0.6) is 0 Å². The molecule has 1 aromatic heterocycles. The number of rotatable bonds is 4. The van der Waals surface area contributed by atoms with E-state index in [0.717, 1.165) is 16.7 Å². The second-order valence-electron chi connectivity index (χ2n) is 6.24. The van der Waals surface area contributed by atoms with E-state index in [2.05, 4.69) is 10.3 Å². The molecule has 0 aliphatic heterocycles. The van der Waals surface area contributed by atoms with Crippen LogP contribution in [-0.4, -0.2) is 15.5 Å². The highest BCUT2D eigenvalue weighted by Gasteiger charge is 2.33. The van der Waals surface area contributed by atoms with Crippen LogP contribution < -0.4 is 10.9 Å². The minimum Gasteiger partial charge on any atom is -0.324 e. The molecule has 5 nitrogen and oxygen atoms in total. The summed E-state index contributed by atoms with van der Waals surface area (Å²) in [5.74, 6) is -1.22. The summed E-state index contributed by atoms with van der Waals surface area (Å²) in [6.45, 7) is 1.02. The Kier molecular flexibility index (Phi) is 5.49. The topological polar surface area (TPSA) is 64.0 Å². The Morgan fingerprint density at radius 2 is 1.76 bits per heavy atom. The predicted octanol–water partition coefficient (Wildman–Crippen LogP) is 4.02. The van der Waals surface area contributed by atoms with Crippen molar-refractivity contribution in [2.24, 2.45) is 0 Å². The smallest absolute Gasteiger partial charge is 0.324 e. The second-order valence-corrected chi connectivity index (χ2v) is 6.24. The highest BCUT2D eigenvalue weighted by atomic mass is 19.4. The molecule has 2 aromatic carbocycles. The fourth-order valence-corrected chi connectivity index (χ4v) is 2.77. The molecule has 1 heterocycles. The molecule has 0 aliphatic rings. The van der Waals surface area contributed by atoms with Crippen molar-refractivity contribution in [2.75, 3.05) is 5.32 Å². The summed E-state index contributed by atoms with van der Waals surface area (Å²) in [5, 5.41) is 2.19. The number of para-hydroxylation sites is 1. The van der Waals surface area contributed by atoms with Crippen LogP contribution in [-0.2, 0) is 17.5 Å². The molecule has 1 N–H and O–H groups in total. The molecule has 0 unspecified atom stereocenters. The number of carbonyl (C=O) groups is 1. The first-order valence-electron chi connectivity index (χ1n) is 8.45. The van der Waals surface area contributed by atoms with Gasteiger partial charge in [0.1, 0.15) is 18.2 Å². The molecular formula is C20H15F4N3O2. The van der Waals surface area contributed by atoms with E-state index < -0.39 is 41.3 Å². The molecule has 0 atom stereocenters. The number of halogens is 4. The van der Waals surface area contributed by atoms with Crippen LogP contribution in [0.1, 0.15) is 11.3 Å². The lowest BCUT2D eigenvalue weighted by atomic mass is 10.1. The van der Waals surface area contributed by atoms with Crippen LogP contribution >= 0.6 is 0 Å². The van der Waals surface area contributed by atoms with Gasteiger partial charge in [-0.3, -0.25) is 14.2 Å². The van der Waals surface area contributed by atoms with Gasteiger partial charge in [-0.1, -0.05) is 12.1 Å². The van der Waals surface area contributed by atoms with Crippen molar-refractivity contribution in [3.8, 4) is 11.4 Å². The third-order valence-electron chi connectivity index (χ3n) is 4.05. The largest absolute Gasteiger partial charge is 0.418 e. The van der Waals surface area contributed by atoms with Crippen molar-refractivity contribution in [2.45, 2.75) is 19.6 Å². The summed E-state index contributed by atoms with van der Waals surface area (Å²) in [6, 6.07) is 10.9. The molecule has 0 saturated heterocycles. The molecule has 3 aromatic rings. The highest BCUT2D eigenvalue weighted by Crippen LogP contribution is 2.34. The van der Waals surface area contributed by atoms with Crippen molar-refractivity contribution in [3.05, 3.63) is 82.0 Å². The maximum Gasteiger partial charge on any atom is 0.418 e. The Labute approximate surface area is 162 Å². The van der Waals surface area contributed by atoms with E-state index in [4.69, 9.17) is 0 Å². The Morgan fingerprint density at radius 3 is 2.41 bits per heavy atom. The minimum absolute atomic E-state index is 0.106. The van der Waals surface area contributed by atoms with Gasteiger partial charge in [0.15, 0.2) is 0 Å². The average Bonchev–Trinajstić information content (AvgIpc) is 2.64. The normalized spacial score (nSPS) is 11.3. The van der Waals surface area contributed by atoms with Crippen molar-refractivity contribution in [3.63, 3.8) is 0 Å². The average molecular weight is 405 g/mol. The Bertz CT molecular complexity index is 1110. The van der Waals surface area contributed by atoms with E-state index in [1.165, 1.54) is 42.5 Å². The number of nitrogens with one attached hydrogen (secondary N) is 1. The third-order valence-corrected chi connectivity index (χ3v) is 4.05. The molecule has 0 saturated carbocycles. The fraction of sp³-hybridized carbons (Fsp3) is 0.150. The zero-order valence-corrected chi connectivity index (χ0v) is 15.1. The predicted molar refractivity (Wildman–Crippen MR) is 98.7 cm³/mol. The van der Waals surface area contributed by atoms with E-state index >= 15 is 0 Å². The Morgan fingerprint density at radius 1 is 1.10 bits per heavy atom. The SMILES string of the molecule is Cc1cc(=O)n(CC(=O)Nc2ccccc2C(F)(F)F)c(-c2ccc(F)cc2)n1. The summed E-state index contributed by atoms with van der Waals surface area (Å²) in [6.07, 6.45) is -4.65. The second kappa shape index (κ2) is 7.86. The molecule has 0 aliphatic carbocycles. The lowest BCUT2D eigenvalue weighted by molar-refractivity contribution is -0.137. The molecule has 0 fully saturated rings. The molecule has 9 heteroatoms. The quantitative estimate of drug-likeness (QED) is 0.667. The van der Waals surface area contributed by atoms with Gasteiger partial charge in [-0.2, -0.15) is 13.2 Å². The lowest BCUT2D eigenvalue weighted by Crippen LogP contribution is -2.30. The highest BCUT2D eigenvalue weighted by molar-refractivity contribution is 5.91. The van der Waals surface area contributed by atoms with Gasteiger partial charge in [-0.05, 0) is 43.3 Å². The van der Waals surface area contributed by atoms with Crippen LogP contribution in [0.3, 0.4) is 0 Å². The monoisotopic (exact) mass is 405 g/mol. The number of anilines is 1. The number of carbonyl (C=O) groups excluding carboxylic acids is 1. The van der Waals surface area contributed by atoms with Crippen LogP contribution in [0.25, 0.3) is 11.4 Å². The first kappa shape index (κ1) is 20.2. The molecule has 0 spiro atoms. The van der Waals surface area contributed by atoms with E-state index in [0.29, 0.717) is 11.3 Å². The summed E-state index contributed by atoms with van der Waals surface area (Å²) in [7, 11) is 0. The number of hydrogen-bond donors (Lipinski definition) is 1. The number of nitrogens with zero attached hydrogens (tertiary/aromatic N) is 2. The molecule has 29 heavy (non-hydrogen) atoms. The van der Waals surface area contributed by atoms with E-state index in [-0.39, 0.29) is 5.82 Å². The van der Waals surface area contributed by atoms with Crippen molar-refractivity contribution < 1.29 is 22.4 Å². The van der Waals surface area contributed by atoms with E-state index in [1.54, 1.807) is 6.92 Å². The molecule has 0 bridgehead atoms. The van der Waals surface area contributed by atoms with Gasteiger partial charge in [0.05, 0.1) is 11.3 Å². The van der Waals surface area contributed by atoms with Gasteiger partial charge < -0.3 is 5.32 Å². The zero-order valence-electron chi connectivity index (χ0n) is 15.1. The van der Waals surface area contributed by atoms with Gasteiger partial charge in [0.2, 0.25) is 5.91 Å². The number of amides is 1. The number of aryl methyl sites for hydroxylation is 1. The van der Waals surface area contributed by atoms with Crippen molar-refractivity contribution >= 4 is 11.6 Å². The van der Waals surface area contributed by atoms with Crippen molar-refractivity contribution in [1.82, 2.24) is 9.55 Å². The minimum atomic E-state index is -4.65. The van der Waals surface area contributed by atoms with Crippen LogP contribution in [0, 0.1) is 12.7 Å². The van der Waals surface area contributed by atoms with Gasteiger partial charge in [0.25, 0.3) is 5.56 Å². The van der Waals surface area contributed by atoms with E-state index in [1.807, 2.05) is 0 Å². The molecule has 1 amide bonds. The summed E-state index contributed by atoms with van der Waals surface area (Å²) in [4.78, 5) is 29.0. The van der Waals surface area contributed by atoms with E-state index in [9.17, 15) is 27.2 Å². The maximum absolute atomic E-state index is 13.2. The third kappa shape index (κ3) is 4.68. The summed E-state index contributed by atoms with van der Waals surface area (Å²) >= 11 is 0. The van der Waals surface area contributed by atoms with Crippen molar-refractivity contribution in [1.29, 1.82) is 0 Å². The van der Waals surface area contributed by atoms with Gasteiger partial charge in [-0.25, -0.2) is 9.37 Å². The zero-order chi connectivity index (χ0) is 21.2. The Hall–Kier alpha value is -3.49. The summed E-state index contributed by atoms with van der Waals surface area (Å²) < 4.78 is 53.5. The fourth-order valence-electron chi connectivity index (χ4n) is 2.77. The molecular weight excluding hydrogens is 390 g/mol.